The zero-order valence-electron chi connectivity index (χ0n) is 10.3. The molecular weight excluding hydrogens is 271 g/mol. The quantitative estimate of drug-likeness (QED) is 0.639. The second kappa shape index (κ2) is 5.28. The molecule has 0 saturated heterocycles. The first-order valence-corrected chi connectivity index (χ1v) is 5.64. The van der Waals surface area contributed by atoms with Crippen LogP contribution in [0.5, 0.6) is 0 Å². The predicted octanol–water partition coefficient (Wildman–Crippen LogP) is 2.71. The third kappa shape index (κ3) is 2.76. The largest absolute Gasteiger partial charge is 0.416 e. The molecule has 2 rings (SSSR count). The van der Waals surface area contributed by atoms with Gasteiger partial charge in [-0.1, -0.05) is 18.2 Å². The molecule has 2 aromatic rings. The number of rotatable bonds is 4. The van der Waals surface area contributed by atoms with Gasteiger partial charge in [-0.2, -0.15) is 18.3 Å². The lowest BCUT2D eigenvalue weighted by atomic mass is 10.1. The summed E-state index contributed by atoms with van der Waals surface area (Å²) in [6.07, 6.45) is -1.68. The first-order chi connectivity index (χ1) is 9.43. The summed E-state index contributed by atoms with van der Waals surface area (Å²) in [5.41, 5.74) is -0.682. The van der Waals surface area contributed by atoms with Gasteiger partial charge in [0.05, 0.1) is 12.1 Å². The molecule has 4 nitrogen and oxygen atoms in total. The Hall–Kier alpha value is -2.44. The third-order valence-corrected chi connectivity index (χ3v) is 2.60. The minimum Gasteiger partial charge on any atom is -0.285 e. The Labute approximate surface area is 112 Å². The summed E-state index contributed by atoms with van der Waals surface area (Å²) < 4.78 is 38.6. The summed E-state index contributed by atoms with van der Waals surface area (Å²) in [4.78, 5) is 15.9. The number of allylic oxidation sites excluding steroid dienone is 1. The van der Waals surface area contributed by atoms with Gasteiger partial charge in [0.2, 0.25) is 5.78 Å². The van der Waals surface area contributed by atoms with Crippen LogP contribution in [0.3, 0.4) is 0 Å². The standard InChI is InChI=1S/C13H10F3N3O/c1-2-7-19-12(17-8-18-19)11(20)9-3-5-10(6-4-9)13(14,15)16/h2-6,8H,1,7H2. The molecule has 7 heteroatoms. The molecule has 0 N–H and O–H groups in total. The highest BCUT2D eigenvalue weighted by Crippen LogP contribution is 2.29. The predicted molar refractivity (Wildman–Crippen MR) is 65.1 cm³/mol. The topological polar surface area (TPSA) is 47.8 Å². The fourth-order valence-electron chi connectivity index (χ4n) is 1.64. The molecule has 1 aromatic carbocycles. The lowest BCUT2D eigenvalue weighted by Gasteiger charge is -2.07. The molecule has 0 aliphatic heterocycles. The van der Waals surface area contributed by atoms with Crippen LogP contribution in [0.1, 0.15) is 21.7 Å². The average molecular weight is 281 g/mol. The Morgan fingerprint density at radius 1 is 1.30 bits per heavy atom. The minimum atomic E-state index is -4.43. The van der Waals surface area contributed by atoms with E-state index in [1.165, 1.54) is 17.1 Å². The van der Waals surface area contributed by atoms with E-state index in [4.69, 9.17) is 0 Å². The number of carbonyl (C=O) groups excluding carboxylic acids is 1. The van der Waals surface area contributed by atoms with E-state index in [-0.39, 0.29) is 11.4 Å². The van der Waals surface area contributed by atoms with Crippen molar-refractivity contribution >= 4 is 5.78 Å². The van der Waals surface area contributed by atoms with E-state index in [9.17, 15) is 18.0 Å². The lowest BCUT2D eigenvalue weighted by molar-refractivity contribution is -0.137. The summed E-state index contributed by atoms with van der Waals surface area (Å²) in [6, 6.07) is 3.97. The average Bonchev–Trinajstić information content (AvgIpc) is 2.86. The fraction of sp³-hybridized carbons (Fsp3) is 0.154. The summed E-state index contributed by atoms with van der Waals surface area (Å²) in [7, 11) is 0. The number of hydrogen-bond acceptors (Lipinski definition) is 3. The molecule has 0 unspecified atom stereocenters. The molecule has 1 heterocycles. The summed E-state index contributed by atoms with van der Waals surface area (Å²) in [5.74, 6) is -0.428. The van der Waals surface area contributed by atoms with Gasteiger partial charge >= 0.3 is 6.18 Å². The minimum absolute atomic E-state index is 0.0599. The van der Waals surface area contributed by atoms with Crippen molar-refractivity contribution in [1.82, 2.24) is 14.8 Å². The van der Waals surface area contributed by atoms with Crippen LogP contribution < -0.4 is 0 Å². The smallest absolute Gasteiger partial charge is 0.285 e. The zero-order valence-corrected chi connectivity index (χ0v) is 10.3. The second-order valence-electron chi connectivity index (χ2n) is 3.96. The first-order valence-electron chi connectivity index (χ1n) is 5.64. The molecule has 0 atom stereocenters. The van der Waals surface area contributed by atoms with Crippen LogP contribution in [0.2, 0.25) is 0 Å². The molecule has 20 heavy (non-hydrogen) atoms. The molecule has 0 aliphatic carbocycles. The Balaban J connectivity index is 2.29. The zero-order chi connectivity index (χ0) is 14.8. The van der Waals surface area contributed by atoms with Gasteiger partial charge in [-0.3, -0.25) is 4.79 Å². The van der Waals surface area contributed by atoms with Crippen LogP contribution in [-0.4, -0.2) is 20.5 Å². The van der Waals surface area contributed by atoms with Gasteiger partial charge in [0.15, 0.2) is 5.82 Å². The third-order valence-electron chi connectivity index (χ3n) is 2.60. The Morgan fingerprint density at radius 3 is 2.50 bits per heavy atom. The van der Waals surface area contributed by atoms with E-state index in [1.807, 2.05) is 0 Å². The highest BCUT2D eigenvalue weighted by atomic mass is 19.4. The maximum absolute atomic E-state index is 12.4. The molecule has 0 fully saturated rings. The van der Waals surface area contributed by atoms with Gasteiger partial charge in [0, 0.05) is 5.56 Å². The molecule has 1 aromatic heterocycles. The van der Waals surface area contributed by atoms with Crippen LogP contribution in [0.15, 0.2) is 43.2 Å². The van der Waals surface area contributed by atoms with Gasteiger partial charge < -0.3 is 0 Å². The van der Waals surface area contributed by atoms with Crippen molar-refractivity contribution in [2.75, 3.05) is 0 Å². The summed E-state index contributed by atoms with van der Waals surface area (Å²) in [5, 5.41) is 3.84. The van der Waals surface area contributed by atoms with Crippen LogP contribution in [0, 0.1) is 0 Å². The van der Waals surface area contributed by atoms with Crippen molar-refractivity contribution in [3.63, 3.8) is 0 Å². The van der Waals surface area contributed by atoms with Gasteiger partial charge in [-0.05, 0) is 12.1 Å². The molecule has 104 valence electrons. The normalized spacial score (nSPS) is 11.3. The number of aromatic nitrogens is 3. The number of nitrogens with zero attached hydrogens (tertiary/aromatic N) is 3. The monoisotopic (exact) mass is 281 g/mol. The van der Waals surface area contributed by atoms with E-state index in [0.29, 0.717) is 6.54 Å². The van der Waals surface area contributed by atoms with Crippen LogP contribution in [0.25, 0.3) is 0 Å². The number of ketones is 1. The first kappa shape index (κ1) is 14.0. The number of alkyl halides is 3. The van der Waals surface area contributed by atoms with Crippen LogP contribution in [-0.2, 0) is 12.7 Å². The number of halogens is 3. The van der Waals surface area contributed by atoms with Gasteiger partial charge in [0.1, 0.15) is 6.33 Å². The molecule has 0 amide bonds. The summed E-state index contributed by atoms with van der Waals surface area (Å²) in [6.45, 7) is 3.82. The lowest BCUT2D eigenvalue weighted by Crippen LogP contribution is -2.13. The summed E-state index contributed by atoms with van der Waals surface area (Å²) >= 11 is 0. The van der Waals surface area contributed by atoms with Gasteiger partial charge in [-0.25, -0.2) is 9.67 Å². The number of benzene rings is 1. The van der Waals surface area contributed by atoms with Crippen LogP contribution in [0.4, 0.5) is 13.2 Å². The van der Waals surface area contributed by atoms with E-state index in [2.05, 4.69) is 16.7 Å². The van der Waals surface area contributed by atoms with Crippen molar-refractivity contribution < 1.29 is 18.0 Å². The van der Waals surface area contributed by atoms with Crippen LogP contribution >= 0.6 is 0 Å². The van der Waals surface area contributed by atoms with Crippen molar-refractivity contribution in [3.05, 3.63) is 60.2 Å². The Morgan fingerprint density at radius 2 is 1.95 bits per heavy atom. The number of carbonyl (C=O) groups is 1. The molecule has 0 spiro atoms. The second-order valence-corrected chi connectivity index (χ2v) is 3.96. The van der Waals surface area contributed by atoms with E-state index < -0.39 is 17.5 Å². The highest BCUT2D eigenvalue weighted by Gasteiger charge is 2.30. The maximum atomic E-state index is 12.4. The van der Waals surface area contributed by atoms with Crippen molar-refractivity contribution in [3.8, 4) is 0 Å². The maximum Gasteiger partial charge on any atom is 0.416 e. The van der Waals surface area contributed by atoms with Gasteiger partial charge in [-0.15, -0.1) is 6.58 Å². The van der Waals surface area contributed by atoms with Crippen molar-refractivity contribution in [1.29, 1.82) is 0 Å². The molecule has 0 radical (unpaired) electrons. The molecule has 0 saturated carbocycles. The van der Waals surface area contributed by atoms with E-state index >= 15 is 0 Å². The molecule has 0 aliphatic rings. The van der Waals surface area contributed by atoms with Crippen molar-refractivity contribution in [2.45, 2.75) is 12.7 Å². The van der Waals surface area contributed by atoms with Crippen molar-refractivity contribution in [2.24, 2.45) is 0 Å². The Kier molecular flexibility index (Phi) is 3.69. The number of hydrogen-bond donors (Lipinski definition) is 0. The van der Waals surface area contributed by atoms with E-state index in [0.717, 1.165) is 24.3 Å². The Bertz CT molecular complexity index is 629. The molecule has 0 bridgehead atoms. The van der Waals surface area contributed by atoms with Gasteiger partial charge in [0.25, 0.3) is 0 Å². The molecular formula is C13H10F3N3O. The van der Waals surface area contributed by atoms with E-state index in [1.54, 1.807) is 0 Å². The highest BCUT2D eigenvalue weighted by molar-refractivity contribution is 6.06. The fourth-order valence-corrected chi connectivity index (χ4v) is 1.64. The SMILES string of the molecule is C=CCn1ncnc1C(=O)c1ccc(C(F)(F)F)cc1.